The number of nitrogens with zero attached hydrogens (tertiary/aromatic N) is 3. The normalized spacial score (nSPS) is 11.0. The predicted octanol–water partition coefficient (Wildman–Crippen LogP) is 2.72. The number of hydrogen-bond donors (Lipinski definition) is 2. The lowest BCUT2D eigenvalue weighted by Gasteiger charge is -1.96. The van der Waals surface area contributed by atoms with Gasteiger partial charge in [0.2, 0.25) is 5.95 Å². The Balaban J connectivity index is 1.88. The molecule has 104 valence electrons. The van der Waals surface area contributed by atoms with Crippen LogP contribution in [-0.4, -0.2) is 21.0 Å². The molecule has 1 aromatic heterocycles. The maximum atomic E-state index is 9.41. The molecule has 0 unspecified atom stereocenters. The van der Waals surface area contributed by atoms with Crippen molar-refractivity contribution in [1.82, 2.24) is 9.66 Å². The molecule has 0 aliphatic heterocycles. The van der Waals surface area contributed by atoms with Crippen LogP contribution < -0.4 is 5.73 Å². The van der Waals surface area contributed by atoms with Crippen LogP contribution in [0.2, 0.25) is 0 Å². The van der Waals surface area contributed by atoms with Crippen molar-refractivity contribution in [3.05, 3.63) is 66.4 Å². The molecule has 0 radical (unpaired) electrons. The first-order valence-corrected chi connectivity index (χ1v) is 6.46. The SMILES string of the molecule is Nc1nc(-c2ccccc2)cn1N=Cc1cccc(O)c1. The topological polar surface area (TPSA) is 76.4 Å². The van der Waals surface area contributed by atoms with E-state index in [-0.39, 0.29) is 5.75 Å². The van der Waals surface area contributed by atoms with Gasteiger partial charge in [0.15, 0.2) is 0 Å². The van der Waals surface area contributed by atoms with Crippen LogP contribution in [-0.2, 0) is 0 Å². The second kappa shape index (κ2) is 5.50. The van der Waals surface area contributed by atoms with Gasteiger partial charge in [-0.1, -0.05) is 42.5 Å². The smallest absolute Gasteiger partial charge is 0.221 e. The number of nitrogen functional groups attached to an aromatic ring is 1. The van der Waals surface area contributed by atoms with Crippen LogP contribution in [0.25, 0.3) is 11.3 Å². The largest absolute Gasteiger partial charge is 0.508 e. The average Bonchev–Trinajstić information content (AvgIpc) is 2.87. The molecule has 2 aromatic carbocycles. The van der Waals surface area contributed by atoms with Crippen LogP contribution in [0.4, 0.5) is 5.95 Å². The van der Waals surface area contributed by atoms with Gasteiger partial charge in [0.05, 0.1) is 18.1 Å². The Kier molecular flexibility index (Phi) is 3.39. The van der Waals surface area contributed by atoms with Gasteiger partial charge in [-0.05, 0) is 17.7 Å². The molecule has 0 spiro atoms. The van der Waals surface area contributed by atoms with Crippen LogP contribution in [0.15, 0.2) is 65.9 Å². The summed E-state index contributed by atoms with van der Waals surface area (Å²) < 4.78 is 1.51. The predicted molar refractivity (Wildman–Crippen MR) is 83.2 cm³/mol. The number of benzene rings is 2. The summed E-state index contributed by atoms with van der Waals surface area (Å²) in [6.45, 7) is 0. The highest BCUT2D eigenvalue weighted by atomic mass is 16.3. The molecule has 0 fully saturated rings. The minimum Gasteiger partial charge on any atom is -0.508 e. The number of aromatic hydroxyl groups is 1. The molecule has 0 saturated heterocycles. The zero-order valence-corrected chi connectivity index (χ0v) is 11.2. The molecule has 21 heavy (non-hydrogen) atoms. The highest BCUT2D eigenvalue weighted by Crippen LogP contribution is 2.19. The van der Waals surface area contributed by atoms with E-state index in [0.29, 0.717) is 5.95 Å². The standard InChI is InChI=1S/C16H14N4O/c17-16-19-15(13-6-2-1-3-7-13)11-20(16)18-10-12-5-4-8-14(21)9-12/h1-11,21H,(H2,17,19). The Morgan fingerprint density at radius 1 is 1.10 bits per heavy atom. The van der Waals surface area contributed by atoms with Gasteiger partial charge in [0.1, 0.15) is 5.75 Å². The summed E-state index contributed by atoms with van der Waals surface area (Å²) >= 11 is 0. The monoisotopic (exact) mass is 278 g/mol. The number of phenolic OH excluding ortho intramolecular Hbond substituents is 1. The fourth-order valence-electron chi connectivity index (χ4n) is 1.96. The lowest BCUT2D eigenvalue weighted by atomic mass is 10.2. The molecule has 3 N–H and O–H groups in total. The molecule has 0 saturated carbocycles. The number of nitrogens with two attached hydrogens (primary N) is 1. The van der Waals surface area contributed by atoms with E-state index in [9.17, 15) is 5.11 Å². The Morgan fingerprint density at radius 3 is 2.67 bits per heavy atom. The van der Waals surface area contributed by atoms with Gasteiger partial charge in [-0.25, -0.2) is 9.66 Å². The van der Waals surface area contributed by atoms with E-state index < -0.39 is 0 Å². The number of anilines is 1. The van der Waals surface area contributed by atoms with Gasteiger partial charge in [-0.15, -0.1) is 0 Å². The zero-order chi connectivity index (χ0) is 14.7. The van der Waals surface area contributed by atoms with Crippen molar-refractivity contribution in [2.24, 2.45) is 5.10 Å². The van der Waals surface area contributed by atoms with Gasteiger partial charge >= 0.3 is 0 Å². The Labute approximate surface area is 122 Å². The molecule has 0 atom stereocenters. The first-order valence-electron chi connectivity index (χ1n) is 6.46. The lowest BCUT2D eigenvalue weighted by Crippen LogP contribution is -1.96. The molecule has 5 heteroatoms. The Morgan fingerprint density at radius 2 is 1.90 bits per heavy atom. The number of rotatable bonds is 3. The quantitative estimate of drug-likeness (QED) is 0.723. The third kappa shape index (κ3) is 2.92. The van der Waals surface area contributed by atoms with E-state index >= 15 is 0 Å². The summed E-state index contributed by atoms with van der Waals surface area (Å²) in [6.07, 6.45) is 3.39. The van der Waals surface area contributed by atoms with Crippen LogP contribution in [0.1, 0.15) is 5.56 Å². The van der Waals surface area contributed by atoms with E-state index in [1.165, 1.54) is 4.68 Å². The van der Waals surface area contributed by atoms with E-state index in [4.69, 9.17) is 5.73 Å². The molecule has 0 amide bonds. The fraction of sp³-hybridized carbons (Fsp3) is 0. The minimum absolute atomic E-state index is 0.197. The van der Waals surface area contributed by atoms with Crippen molar-refractivity contribution in [1.29, 1.82) is 0 Å². The molecule has 5 nitrogen and oxygen atoms in total. The third-order valence-corrected chi connectivity index (χ3v) is 2.99. The van der Waals surface area contributed by atoms with Crippen LogP contribution >= 0.6 is 0 Å². The number of imidazole rings is 1. The van der Waals surface area contributed by atoms with Crippen LogP contribution in [0.3, 0.4) is 0 Å². The minimum atomic E-state index is 0.197. The molecule has 0 aliphatic carbocycles. The van der Waals surface area contributed by atoms with Crippen LogP contribution in [0, 0.1) is 0 Å². The molecule has 1 heterocycles. The van der Waals surface area contributed by atoms with E-state index in [2.05, 4.69) is 10.1 Å². The van der Waals surface area contributed by atoms with Crippen molar-refractivity contribution in [3.63, 3.8) is 0 Å². The fourth-order valence-corrected chi connectivity index (χ4v) is 1.96. The molecule has 3 aromatic rings. The molecular formula is C16H14N4O. The molecule has 3 rings (SSSR count). The summed E-state index contributed by atoms with van der Waals surface area (Å²) in [4.78, 5) is 4.29. The van der Waals surface area contributed by atoms with E-state index in [1.54, 1.807) is 30.6 Å². The van der Waals surface area contributed by atoms with E-state index in [0.717, 1.165) is 16.8 Å². The Bertz CT molecular complexity index is 778. The van der Waals surface area contributed by atoms with Gasteiger partial charge < -0.3 is 10.8 Å². The lowest BCUT2D eigenvalue weighted by molar-refractivity contribution is 0.475. The molecule has 0 bridgehead atoms. The van der Waals surface area contributed by atoms with E-state index in [1.807, 2.05) is 36.4 Å². The maximum Gasteiger partial charge on any atom is 0.221 e. The van der Waals surface area contributed by atoms with Gasteiger partial charge in [-0.2, -0.15) is 5.10 Å². The number of phenols is 1. The number of hydrogen-bond acceptors (Lipinski definition) is 4. The Hall–Kier alpha value is -3.08. The highest BCUT2D eigenvalue weighted by molar-refractivity contribution is 5.80. The van der Waals surface area contributed by atoms with Gasteiger partial charge in [0, 0.05) is 5.56 Å². The summed E-state index contributed by atoms with van der Waals surface area (Å²) in [5.41, 5.74) is 8.39. The first-order chi connectivity index (χ1) is 10.2. The molecule has 0 aliphatic rings. The molecular weight excluding hydrogens is 264 g/mol. The average molecular weight is 278 g/mol. The van der Waals surface area contributed by atoms with Crippen molar-refractivity contribution < 1.29 is 5.11 Å². The summed E-state index contributed by atoms with van der Waals surface area (Å²) in [5.74, 6) is 0.507. The highest BCUT2D eigenvalue weighted by Gasteiger charge is 2.05. The van der Waals surface area contributed by atoms with Gasteiger partial charge in [0.25, 0.3) is 0 Å². The van der Waals surface area contributed by atoms with Crippen molar-refractivity contribution in [2.75, 3.05) is 5.73 Å². The third-order valence-electron chi connectivity index (χ3n) is 2.99. The maximum absolute atomic E-state index is 9.41. The van der Waals surface area contributed by atoms with Crippen molar-refractivity contribution in [2.45, 2.75) is 0 Å². The first kappa shape index (κ1) is 12.9. The summed E-state index contributed by atoms with van der Waals surface area (Å²) in [5, 5.41) is 13.7. The van der Waals surface area contributed by atoms with Crippen molar-refractivity contribution >= 4 is 12.2 Å². The zero-order valence-electron chi connectivity index (χ0n) is 11.2. The second-order valence-electron chi connectivity index (χ2n) is 4.53. The van der Waals surface area contributed by atoms with Crippen LogP contribution in [0.5, 0.6) is 5.75 Å². The van der Waals surface area contributed by atoms with Gasteiger partial charge in [-0.3, -0.25) is 0 Å². The summed E-state index contributed by atoms with van der Waals surface area (Å²) in [6, 6.07) is 16.6. The second-order valence-corrected chi connectivity index (χ2v) is 4.53. The summed E-state index contributed by atoms with van der Waals surface area (Å²) in [7, 11) is 0. The van der Waals surface area contributed by atoms with Crippen molar-refractivity contribution in [3.8, 4) is 17.0 Å². The number of aromatic nitrogens is 2.